The highest BCUT2D eigenvalue weighted by molar-refractivity contribution is 5.86. The number of carbonyl (C=O) groups is 1. The normalized spacial score (nSPS) is 10.8. The van der Waals surface area contributed by atoms with Gasteiger partial charge >= 0.3 is 5.97 Å². The second-order valence-electron chi connectivity index (χ2n) is 5.25. The van der Waals surface area contributed by atoms with Crippen LogP contribution >= 0.6 is 0 Å². The van der Waals surface area contributed by atoms with E-state index >= 15 is 0 Å². The van der Waals surface area contributed by atoms with Crippen LogP contribution in [-0.4, -0.2) is 29.4 Å². The Bertz CT molecular complexity index is 583. The maximum atomic E-state index is 11.3. The molecule has 1 aromatic carbocycles. The molecule has 6 heteroatoms. The number of anilines is 1. The number of ether oxygens (including phenoxy) is 1. The number of rotatable bonds is 10. The second kappa shape index (κ2) is 9.02. The first-order valence-electron chi connectivity index (χ1n) is 7.92. The molecule has 120 valence electrons. The van der Waals surface area contributed by atoms with Crippen LogP contribution in [0.25, 0.3) is 11.0 Å². The summed E-state index contributed by atoms with van der Waals surface area (Å²) in [7, 11) is 0. The van der Waals surface area contributed by atoms with Crippen molar-refractivity contribution in [2.45, 2.75) is 45.4 Å². The van der Waals surface area contributed by atoms with Crippen molar-refractivity contribution in [1.29, 1.82) is 0 Å². The number of hydrogen-bond acceptors (Lipinski definition) is 6. The van der Waals surface area contributed by atoms with Gasteiger partial charge in [-0.2, -0.15) is 0 Å². The van der Waals surface area contributed by atoms with Crippen molar-refractivity contribution >= 4 is 22.7 Å². The fraction of sp³-hybridized carbons (Fsp3) is 0.562. The fourth-order valence-corrected chi connectivity index (χ4v) is 2.21. The first-order valence-corrected chi connectivity index (χ1v) is 7.92. The van der Waals surface area contributed by atoms with Gasteiger partial charge in [0.2, 0.25) is 0 Å². The second-order valence-corrected chi connectivity index (χ2v) is 5.25. The summed E-state index contributed by atoms with van der Waals surface area (Å²) < 4.78 is 9.77. The monoisotopic (exact) mass is 305 g/mol. The molecule has 0 aliphatic heterocycles. The number of fused-ring (bicyclic) bond motifs is 1. The Balaban J connectivity index is 1.56. The van der Waals surface area contributed by atoms with Crippen LogP contribution in [0.4, 0.5) is 5.69 Å². The molecule has 0 aliphatic carbocycles. The summed E-state index contributed by atoms with van der Waals surface area (Å²) in [5, 5.41) is 11.1. The van der Waals surface area contributed by atoms with E-state index in [1.165, 1.54) is 0 Å². The number of hydrogen-bond donors (Lipinski definition) is 1. The highest BCUT2D eigenvalue weighted by Gasteiger charge is 2.05. The third kappa shape index (κ3) is 5.02. The highest BCUT2D eigenvalue weighted by atomic mass is 16.6. The molecule has 0 radical (unpaired) electrons. The van der Waals surface area contributed by atoms with E-state index in [-0.39, 0.29) is 5.97 Å². The summed E-state index contributed by atoms with van der Waals surface area (Å²) in [6.07, 6.45) is 5.47. The summed E-state index contributed by atoms with van der Waals surface area (Å²) in [6, 6.07) is 5.77. The number of aromatic nitrogens is 2. The maximum absolute atomic E-state index is 11.3. The smallest absolute Gasteiger partial charge is 0.305 e. The number of unbranched alkanes of at least 4 members (excludes halogenated alkanes) is 3. The molecule has 22 heavy (non-hydrogen) atoms. The molecule has 0 aliphatic rings. The molecule has 0 fully saturated rings. The average molecular weight is 305 g/mol. The van der Waals surface area contributed by atoms with Gasteiger partial charge in [-0.1, -0.05) is 25.8 Å². The third-order valence-electron chi connectivity index (χ3n) is 3.38. The van der Waals surface area contributed by atoms with Crippen molar-refractivity contribution in [3.63, 3.8) is 0 Å². The summed E-state index contributed by atoms with van der Waals surface area (Å²) in [5.74, 6) is -0.0785. The predicted molar refractivity (Wildman–Crippen MR) is 84.6 cm³/mol. The van der Waals surface area contributed by atoms with Crippen molar-refractivity contribution in [3.05, 3.63) is 18.2 Å². The molecule has 0 amide bonds. The molecule has 0 atom stereocenters. The molecule has 2 aromatic rings. The molecule has 6 nitrogen and oxygen atoms in total. The summed E-state index contributed by atoms with van der Waals surface area (Å²) in [4.78, 5) is 11.3. The molecule has 0 bridgehead atoms. The highest BCUT2D eigenvalue weighted by Crippen LogP contribution is 2.19. The van der Waals surface area contributed by atoms with Crippen LogP contribution in [0.3, 0.4) is 0 Å². The van der Waals surface area contributed by atoms with E-state index in [9.17, 15) is 4.79 Å². The van der Waals surface area contributed by atoms with Crippen LogP contribution in [0.15, 0.2) is 22.8 Å². The number of esters is 1. The Morgan fingerprint density at radius 3 is 2.95 bits per heavy atom. The van der Waals surface area contributed by atoms with E-state index in [4.69, 9.17) is 9.37 Å². The number of nitrogens with one attached hydrogen (secondary N) is 1. The van der Waals surface area contributed by atoms with Gasteiger partial charge in [-0.15, -0.1) is 0 Å². The van der Waals surface area contributed by atoms with Crippen LogP contribution in [-0.2, 0) is 9.53 Å². The number of carbonyl (C=O) groups excluding carboxylic acids is 1. The predicted octanol–water partition coefficient (Wildman–Crippen LogP) is 3.54. The van der Waals surface area contributed by atoms with E-state index < -0.39 is 0 Å². The van der Waals surface area contributed by atoms with Gasteiger partial charge in [0.05, 0.1) is 12.3 Å². The lowest BCUT2D eigenvalue weighted by atomic mass is 10.1. The lowest BCUT2D eigenvalue weighted by Gasteiger charge is -2.06. The molecule has 0 unspecified atom stereocenters. The van der Waals surface area contributed by atoms with Gasteiger partial charge in [0.25, 0.3) is 0 Å². The van der Waals surface area contributed by atoms with Gasteiger partial charge in [-0.05, 0) is 41.7 Å². The summed E-state index contributed by atoms with van der Waals surface area (Å²) in [5.41, 5.74) is 2.47. The fourth-order valence-electron chi connectivity index (χ4n) is 2.21. The number of nitrogens with zero attached hydrogens (tertiary/aromatic N) is 2. The van der Waals surface area contributed by atoms with E-state index in [0.29, 0.717) is 13.0 Å². The molecule has 0 spiro atoms. The van der Waals surface area contributed by atoms with Crippen molar-refractivity contribution in [1.82, 2.24) is 10.3 Å². The van der Waals surface area contributed by atoms with E-state index in [1.807, 2.05) is 25.1 Å². The molecule has 1 N–H and O–H groups in total. The SMILES string of the molecule is CCCOC(=O)CCCCCCNc1cccc2nonc12. The van der Waals surface area contributed by atoms with Crippen molar-refractivity contribution in [3.8, 4) is 0 Å². The van der Waals surface area contributed by atoms with Gasteiger partial charge in [0.15, 0.2) is 5.52 Å². The van der Waals surface area contributed by atoms with Crippen LogP contribution in [0, 0.1) is 0 Å². The minimum Gasteiger partial charge on any atom is -0.466 e. The first-order chi connectivity index (χ1) is 10.8. The largest absolute Gasteiger partial charge is 0.466 e. The Labute approximate surface area is 130 Å². The summed E-state index contributed by atoms with van der Waals surface area (Å²) in [6.45, 7) is 3.40. The molecule has 0 saturated heterocycles. The molecule has 2 rings (SSSR count). The molecule has 1 heterocycles. The standard InChI is InChI=1S/C16H23N3O3/c1-2-12-21-15(20)10-5-3-4-6-11-17-13-8-7-9-14-16(13)19-22-18-14/h7-9,17H,2-6,10-12H2,1H3. The van der Waals surface area contributed by atoms with E-state index in [0.717, 1.165) is 55.4 Å². The maximum Gasteiger partial charge on any atom is 0.305 e. The number of benzene rings is 1. The van der Waals surface area contributed by atoms with Crippen LogP contribution in [0.2, 0.25) is 0 Å². The average Bonchev–Trinajstić information content (AvgIpc) is 3.01. The minimum absolute atomic E-state index is 0.0785. The van der Waals surface area contributed by atoms with E-state index in [2.05, 4.69) is 15.6 Å². The Morgan fingerprint density at radius 1 is 1.23 bits per heavy atom. The van der Waals surface area contributed by atoms with Crippen LogP contribution in [0.5, 0.6) is 0 Å². The molecular formula is C16H23N3O3. The zero-order chi connectivity index (χ0) is 15.6. The Hall–Kier alpha value is -2.11. The third-order valence-corrected chi connectivity index (χ3v) is 3.38. The van der Waals surface area contributed by atoms with Gasteiger partial charge < -0.3 is 10.1 Å². The zero-order valence-corrected chi connectivity index (χ0v) is 13.0. The summed E-state index contributed by atoms with van der Waals surface area (Å²) >= 11 is 0. The zero-order valence-electron chi connectivity index (χ0n) is 13.0. The first kappa shape index (κ1) is 16.3. The molecule has 0 saturated carbocycles. The van der Waals surface area contributed by atoms with Gasteiger partial charge in [-0.3, -0.25) is 4.79 Å². The van der Waals surface area contributed by atoms with Crippen molar-refractivity contribution in [2.24, 2.45) is 0 Å². The molecular weight excluding hydrogens is 282 g/mol. The van der Waals surface area contributed by atoms with Crippen LogP contribution < -0.4 is 5.32 Å². The van der Waals surface area contributed by atoms with Crippen molar-refractivity contribution < 1.29 is 14.2 Å². The van der Waals surface area contributed by atoms with Gasteiger partial charge in [0, 0.05) is 13.0 Å². The van der Waals surface area contributed by atoms with Gasteiger partial charge in [0.1, 0.15) is 5.52 Å². The minimum atomic E-state index is -0.0785. The van der Waals surface area contributed by atoms with Crippen LogP contribution in [0.1, 0.15) is 45.4 Å². The Kier molecular flexibility index (Phi) is 6.67. The van der Waals surface area contributed by atoms with Gasteiger partial charge in [-0.25, -0.2) is 4.63 Å². The Morgan fingerprint density at radius 2 is 2.09 bits per heavy atom. The lowest BCUT2D eigenvalue weighted by molar-refractivity contribution is -0.143. The van der Waals surface area contributed by atoms with Crippen molar-refractivity contribution in [2.75, 3.05) is 18.5 Å². The van der Waals surface area contributed by atoms with E-state index in [1.54, 1.807) is 0 Å². The topological polar surface area (TPSA) is 77.2 Å². The molecule has 1 aromatic heterocycles. The quantitative estimate of drug-likeness (QED) is 0.534. The lowest BCUT2D eigenvalue weighted by Crippen LogP contribution is -2.05.